The van der Waals surface area contributed by atoms with Crippen LogP contribution in [0.3, 0.4) is 0 Å². The van der Waals surface area contributed by atoms with Gasteiger partial charge in [-0.1, -0.05) is 12.1 Å². The van der Waals surface area contributed by atoms with Gasteiger partial charge < -0.3 is 5.11 Å². The predicted molar refractivity (Wildman–Crippen MR) is 67.7 cm³/mol. The SMILES string of the molecule is CCn1cc(C(C)(O)c2ccc(C)c(F)c2)cn1. The molecule has 0 amide bonds. The first kappa shape index (κ1) is 12.8. The van der Waals surface area contributed by atoms with Gasteiger partial charge >= 0.3 is 0 Å². The maximum Gasteiger partial charge on any atom is 0.126 e. The van der Waals surface area contributed by atoms with Crippen LogP contribution in [-0.2, 0) is 12.1 Å². The largest absolute Gasteiger partial charge is 0.381 e. The van der Waals surface area contributed by atoms with Crippen molar-refractivity contribution in [2.75, 3.05) is 0 Å². The van der Waals surface area contributed by atoms with Gasteiger partial charge in [0.15, 0.2) is 0 Å². The van der Waals surface area contributed by atoms with E-state index in [0.29, 0.717) is 16.7 Å². The van der Waals surface area contributed by atoms with Crippen LogP contribution in [0, 0.1) is 12.7 Å². The Kier molecular flexibility index (Phi) is 3.22. The van der Waals surface area contributed by atoms with Crippen molar-refractivity contribution in [3.63, 3.8) is 0 Å². The number of nitrogens with zero attached hydrogens (tertiary/aromatic N) is 2. The molecule has 1 heterocycles. The van der Waals surface area contributed by atoms with Gasteiger partial charge in [-0.05, 0) is 38.0 Å². The maximum atomic E-state index is 13.6. The molecule has 1 atom stereocenters. The van der Waals surface area contributed by atoms with Crippen molar-refractivity contribution < 1.29 is 9.50 Å². The first-order chi connectivity index (χ1) is 8.45. The van der Waals surface area contributed by atoms with Gasteiger partial charge in [0.05, 0.1) is 6.20 Å². The molecule has 0 aliphatic rings. The fourth-order valence-corrected chi connectivity index (χ4v) is 1.85. The molecule has 1 aromatic carbocycles. The Morgan fingerprint density at radius 2 is 2.11 bits per heavy atom. The second-order valence-corrected chi connectivity index (χ2v) is 4.62. The molecule has 0 radical (unpaired) electrons. The zero-order chi connectivity index (χ0) is 13.3. The molecule has 0 fully saturated rings. The number of hydrogen-bond acceptors (Lipinski definition) is 2. The number of hydrogen-bond donors (Lipinski definition) is 1. The highest BCUT2D eigenvalue weighted by atomic mass is 19.1. The second-order valence-electron chi connectivity index (χ2n) is 4.62. The summed E-state index contributed by atoms with van der Waals surface area (Å²) in [4.78, 5) is 0. The standard InChI is InChI=1S/C14H17FN2O/c1-4-17-9-12(8-16-17)14(3,18)11-6-5-10(2)13(15)7-11/h5-9,18H,4H2,1-3H3. The highest BCUT2D eigenvalue weighted by Gasteiger charge is 2.27. The van der Waals surface area contributed by atoms with E-state index in [4.69, 9.17) is 0 Å². The topological polar surface area (TPSA) is 38.0 Å². The molecule has 4 heteroatoms. The van der Waals surface area contributed by atoms with Gasteiger partial charge in [-0.25, -0.2) is 4.39 Å². The lowest BCUT2D eigenvalue weighted by Crippen LogP contribution is -2.22. The summed E-state index contributed by atoms with van der Waals surface area (Å²) in [6.45, 7) is 6.05. The number of rotatable bonds is 3. The van der Waals surface area contributed by atoms with Gasteiger partial charge in [0, 0.05) is 18.3 Å². The van der Waals surface area contributed by atoms with Crippen LogP contribution in [0.4, 0.5) is 4.39 Å². The van der Waals surface area contributed by atoms with Crippen molar-refractivity contribution >= 4 is 0 Å². The van der Waals surface area contributed by atoms with Crippen molar-refractivity contribution in [1.29, 1.82) is 0 Å². The number of aryl methyl sites for hydroxylation is 2. The van der Waals surface area contributed by atoms with Crippen LogP contribution in [0.15, 0.2) is 30.6 Å². The molecule has 18 heavy (non-hydrogen) atoms. The highest BCUT2D eigenvalue weighted by Crippen LogP contribution is 2.29. The molecule has 1 unspecified atom stereocenters. The van der Waals surface area contributed by atoms with Crippen LogP contribution in [-0.4, -0.2) is 14.9 Å². The third kappa shape index (κ3) is 2.16. The Morgan fingerprint density at radius 3 is 2.67 bits per heavy atom. The molecule has 0 aliphatic heterocycles. The fraction of sp³-hybridized carbons (Fsp3) is 0.357. The first-order valence-corrected chi connectivity index (χ1v) is 5.97. The molecule has 2 rings (SSSR count). The summed E-state index contributed by atoms with van der Waals surface area (Å²) in [7, 11) is 0. The molecular weight excluding hydrogens is 231 g/mol. The van der Waals surface area contributed by atoms with Crippen molar-refractivity contribution in [3.8, 4) is 0 Å². The zero-order valence-corrected chi connectivity index (χ0v) is 10.8. The van der Waals surface area contributed by atoms with Gasteiger partial charge in [0.2, 0.25) is 0 Å². The van der Waals surface area contributed by atoms with Crippen molar-refractivity contribution in [2.24, 2.45) is 0 Å². The molecule has 0 saturated heterocycles. The average molecular weight is 248 g/mol. The monoisotopic (exact) mass is 248 g/mol. The molecule has 0 saturated carbocycles. The second kappa shape index (κ2) is 4.53. The number of benzene rings is 1. The van der Waals surface area contributed by atoms with Gasteiger partial charge in [-0.2, -0.15) is 5.10 Å². The number of aromatic nitrogens is 2. The lowest BCUT2D eigenvalue weighted by atomic mass is 9.90. The van der Waals surface area contributed by atoms with Crippen LogP contribution in [0.25, 0.3) is 0 Å². The van der Waals surface area contributed by atoms with E-state index >= 15 is 0 Å². The van der Waals surface area contributed by atoms with Crippen LogP contribution in [0.1, 0.15) is 30.5 Å². The lowest BCUT2D eigenvalue weighted by molar-refractivity contribution is 0.102. The average Bonchev–Trinajstić information content (AvgIpc) is 2.81. The Hall–Kier alpha value is -1.68. The maximum absolute atomic E-state index is 13.6. The van der Waals surface area contributed by atoms with Gasteiger partial charge in [0.25, 0.3) is 0 Å². The predicted octanol–water partition coefficient (Wildman–Crippen LogP) is 2.61. The molecule has 96 valence electrons. The van der Waals surface area contributed by atoms with E-state index in [-0.39, 0.29) is 5.82 Å². The van der Waals surface area contributed by atoms with Gasteiger partial charge in [-0.15, -0.1) is 0 Å². The molecule has 3 nitrogen and oxygen atoms in total. The van der Waals surface area contributed by atoms with Gasteiger partial charge in [-0.3, -0.25) is 4.68 Å². The summed E-state index contributed by atoms with van der Waals surface area (Å²) in [5, 5.41) is 14.7. The summed E-state index contributed by atoms with van der Waals surface area (Å²) in [6, 6.07) is 4.78. The fourth-order valence-electron chi connectivity index (χ4n) is 1.85. The summed E-state index contributed by atoms with van der Waals surface area (Å²) in [5.41, 5.74) is 0.523. The normalized spacial score (nSPS) is 14.5. The van der Waals surface area contributed by atoms with Crippen molar-refractivity contribution in [2.45, 2.75) is 32.9 Å². The van der Waals surface area contributed by atoms with E-state index in [1.165, 1.54) is 6.07 Å². The molecule has 1 aromatic heterocycles. The summed E-state index contributed by atoms with van der Waals surface area (Å²) in [6.07, 6.45) is 3.39. The van der Waals surface area contributed by atoms with E-state index in [9.17, 15) is 9.50 Å². The Labute approximate surface area is 106 Å². The van der Waals surface area contributed by atoms with E-state index < -0.39 is 5.60 Å². The third-order valence-corrected chi connectivity index (χ3v) is 3.25. The minimum Gasteiger partial charge on any atom is -0.381 e. The highest BCUT2D eigenvalue weighted by molar-refractivity contribution is 5.35. The van der Waals surface area contributed by atoms with Gasteiger partial charge in [0.1, 0.15) is 11.4 Å². The Balaban J connectivity index is 2.43. The van der Waals surface area contributed by atoms with Crippen LogP contribution in [0.2, 0.25) is 0 Å². The summed E-state index contributed by atoms with van der Waals surface area (Å²) >= 11 is 0. The van der Waals surface area contributed by atoms with Crippen LogP contribution >= 0.6 is 0 Å². The Bertz CT molecular complexity index is 561. The number of aliphatic hydroxyl groups is 1. The first-order valence-electron chi connectivity index (χ1n) is 5.97. The van der Waals surface area contributed by atoms with Crippen molar-refractivity contribution in [3.05, 3.63) is 53.1 Å². The van der Waals surface area contributed by atoms with E-state index in [2.05, 4.69) is 5.10 Å². The quantitative estimate of drug-likeness (QED) is 0.906. The van der Waals surface area contributed by atoms with Crippen LogP contribution in [0.5, 0.6) is 0 Å². The zero-order valence-electron chi connectivity index (χ0n) is 10.8. The molecule has 0 bridgehead atoms. The van der Waals surface area contributed by atoms with Crippen molar-refractivity contribution in [1.82, 2.24) is 9.78 Å². The van der Waals surface area contributed by atoms with E-state index in [1.807, 2.05) is 6.92 Å². The molecular formula is C14H17FN2O. The molecule has 0 spiro atoms. The summed E-state index contributed by atoms with van der Waals surface area (Å²) in [5.74, 6) is -0.310. The molecule has 0 aliphatic carbocycles. The molecule has 1 N–H and O–H groups in total. The minimum absolute atomic E-state index is 0.310. The Morgan fingerprint density at radius 1 is 1.39 bits per heavy atom. The molecule has 2 aromatic rings. The smallest absolute Gasteiger partial charge is 0.126 e. The van der Waals surface area contributed by atoms with Crippen LogP contribution < -0.4 is 0 Å². The van der Waals surface area contributed by atoms with E-state index in [0.717, 1.165) is 6.54 Å². The summed E-state index contributed by atoms with van der Waals surface area (Å²) < 4.78 is 15.3. The third-order valence-electron chi connectivity index (χ3n) is 3.25. The van der Waals surface area contributed by atoms with E-state index in [1.54, 1.807) is 43.1 Å². The minimum atomic E-state index is -1.23. The number of halogens is 1. The lowest BCUT2D eigenvalue weighted by Gasteiger charge is -2.22.